The Morgan fingerprint density at radius 3 is 2.70 bits per heavy atom. The Labute approximate surface area is 123 Å². The number of ether oxygens (including phenoxy) is 1. The monoisotopic (exact) mass is 309 g/mol. The zero-order chi connectivity index (χ0) is 13.7. The van der Waals surface area contributed by atoms with Crippen molar-refractivity contribution in [2.45, 2.75) is 37.9 Å². The Morgan fingerprint density at radius 2 is 2.05 bits per heavy atom. The van der Waals surface area contributed by atoms with Gasteiger partial charge in [-0.25, -0.2) is 0 Å². The predicted molar refractivity (Wildman–Crippen MR) is 74.4 cm³/mol. The first-order chi connectivity index (χ1) is 9.05. The molecule has 1 N–H and O–H groups in total. The standard InChI is InChI=1S/C14H18F3NO.ClH/c15-14(16,17)11-4-3-6-13(10-11)19-9-7-12-5-1-2-8-18-12;/h3-4,6,10,12,18H,1-2,5,7-9H2;1H. The molecule has 1 heterocycles. The predicted octanol–water partition coefficient (Wildman–Crippen LogP) is 4.04. The summed E-state index contributed by atoms with van der Waals surface area (Å²) in [5.41, 5.74) is -0.666. The Bertz CT molecular complexity index is 406. The molecule has 1 fully saturated rings. The molecular weight excluding hydrogens is 291 g/mol. The highest BCUT2D eigenvalue weighted by atomic mass is 35.5. The lowest BCUT2D eigenvalue weighted by Gasteiger charge is -2.23. The van der Waals surface area contributed by atoms with E-state index in [1.807, 2.05) is 0 Å². The van der Waals surface area contributed by atoms with E-state index in [4.69, 9.17) is 4.74 Å². The normalized spacial score (nSPS) is 19.2. The first-order valence-corrected chi connectivity index (χ1v) is 6.59. The molecule has 1 saturated heterocycles. The average molecular weight is 310 g/mol. The smallest absolute Gasteiger partial charge is 0.416 e. The van der Waals surface area contributed by atoms with Crippen molar-refractivity contribution in [1.29, 1.82) is 0 Å². The van der Waals surface area contributed by atoms with Gasteiger partial charge in [-0.15, -0.1) is 12.4 Å². The van der Waals surface area contributed by atoms with E-state index in [2.05, 4.69) is 5.32 Å². The van der Waals surface area contributed by atoms with Gasteiger partial charge in [-0.1, -0.05) is 12.5 Å². The SMILES string of the molecule is Cl.FC(F)(F)c1cccc(OCCC2CCCCN2)c1. The molecule has 1 aliphatic rings. The third-order valence-corrected chi connectivity index (χ3v) is 3.31. The molecule has 0 radical (unpaired) electrons. The van der Waals surface area contributed by atoms with E-state index in [1.54, 1.807) is 6.07 Å². The van der Waals surface area contributed by atoms with Gasteiger partial charge in [0.15, 0.2) is 0 Å². The molecule has 1 aromatic carbocycles. The average Bonchev–Trinajstić information content (AvgIpc) is 2.39. The van der Waals surface area contributed by atoms with Crippen molar-refractivity contribution in [3.63, 3.8) is 0 Å². The second-order valence-corrected chi connectivity index (χ2v) is 4.81. The second kappa shape index (κ2) is 7.74. The van der Waals surface area contributed by atoms with Crippen LogP contribution in [0.4, 0.5) is 13.2 Å². The number of hydrogen-bond acceptors (Lipinski definition) is 2. The lowest BCUT2D eigenvalue weighted by atomic mass is 10.0. The van der Waals surface area contributed by atoms with Crippen molar-refractivity contribution < 1.29 is 17.9 Å². The van der Waals surface area contributed by atoms with Crippen LogP contribution in [0, 0.1) is 0 Å². The lowest BCUT2D eigenvalue weighted by molar-refractivity contribution is -0.137. The zero-order valence-electron chi connectivity index (χ0n) is 11.1. The van der Waals surface area contributed by atoms with Crippen LogP contribution in [0.25, 0.3) is 0 Å². The third-order valence-electron chi connectivity index (χ3n) is 3.31. The Kier molecular flexibility index (Phi) is 6.62. The molecule has 0 amide bonds. The number of nitrogens with one attached hydrogen (secondary N) is 1. The maximum Gasteiger partial charge on any atom is 0.416 e. The molecule has 6 heteroatoms. The van der Waals surface area contributed by atoms with Gasteiger partial charge < -0.3 is 10.1 Å². The van der Waals surface area contributed by atoms with Crippen molar-refractivity contribution in [1.82, 2.24) is 5.32 Å². The van der Waals surface area contributed by atoms with Crippen molar-refractivity contribution in [2.24, 2.45) is 0 Å². The van der Waals surface area contributed by atoms with Gasteiger partial charge in [-0.3, -0.25) is 0 Å². The van der Waals surface area contributed by atoms with Gasteiger partial charge in [-0.05, 0) is 44.0 Å². The molecule has 1 aliphatic heterocycles. The first-order valence-electron chi connectivity index (χ1n) is 6.59. The van der Waals surface area contributed by atoms with Crippen LogP contribution < -0.4 is 10.1 Å². The summed E-state index contributed by atoms with van der Waals surface area (Å²) in [6.07, 6.45) is 0.0404. The van der Waals surface area contributed by atoms with Crippen LogP contribution in [0.2, 0.25) is 0 Å². The Balaban J connectivity index is 0.00000200. The number of benzene rings is 1. The number of alkyl halides is 3. The molecule has 20 heavy (non-hydrogen) atoms. The minimum Gasteiger partial charge on any atom is -0.494 e. The van der Waals surface area contributed by atoms with E-state index in [-0.39, 0.29) is 18.2 Å². The Hall–Kier alpha value is -0.940. The van der Waals surface area contributed by atoms with Crippen molar-refractivity contribution in [3.05, 3.63) is 29.8 Å². The fourth-order valence-electron chi connectivity index (χ4n) is 2.25. The second-order valence-electron chi connectivity index (χ2n) is 4.81. The van der Waals surface area contributed by atoms with Gasteiger partial charge in [0, 0.05) is 6.04 Å². The van der Waals surface area contributed by atoms with E-state index >= 15 is 0 Å². The molecule has 0 bridgehead atoms. The van der Waals surface area contributed by atoms with E-state index < -0.39 is 11.7 Å². The highest BCUT2D eigenvalue weighted by molar-refractivity contribution is 5.85. The van der Waals surface area contributed by atoms with Crippen LogP contribution in [0.5, 0.6) is 5.75 Å². The molecule has 0 saturated carbocycles. The minimum atomic E-state index is -4.32. The number of rotatable bonds is 4. The molecule has 114 valence electrons. The van der Waals surface area contributed by atoms with Gasteiger partial charge in [0.05, 0.1) is 12.2 Å². The minimum absolute atomic E-state index is 0. The lowest BCUT2D eigenvalue weighted by Crippen LogP contribution is -2.35. The van der Waals surface area contributed by atoms with E-state index in [0.29, 0.717) is 12.6 Å². The number of halogens is 4. The van der Waals surface area contributed by atoms with Gasteiger partial charge >= 0.3 is 6.18 Å². The maximum absolute atomic E-state index is 12.5. The summed E-state index contributed by atoms with van der Waals surface area (Å²) in [4.78, 5) is 0. The van der Waals surface area contributed by atoms with Gasteiger partial charge in [0.1, 0.15) is 5.75 Å². The highest BCUT2D eigenvalue weighted by Crippen LogP contribution is 2.31. The van der Waals surface area contributed by atoms with E-state index in [0.717, 1.165) is 31.5 Å². The van der Waals surface area contributed by atoms with Crippen LogP contribution in [-0.2, 0) is 6.18 Å². The molecule has 1 unspecified atom stereocenters. The summed E-state index contributed by atoms with van der Waals surface area (Å²) in [6.45, 7) is 1.47. The van der Waals surface area contributed by atoms with E-state index in [9.17, 15) is 13.2 Å². The molecule has 2 rings (SSSR count). The molecule has 2 nitrogen and oxygen atoms in total. The van der Waals surface area contributed by atoms with Crippen LogP contribution >= 0.6 is 12.4 Å². The fraction of sp³-hybridized carbons (Fsp3) is 0.571. The van der Waals surface area contributed by atoms with Crippen LogP contribution in [0.15, 0.2) is 24.3 Å². The summed E-state index contributed by atoms with van der Waals surface area (Å²) in [6, 6.07) is 5.46. The van der Waals surface area contributed by atoms with Gasteiger partial charge in [-0.2, -0.15) is 13.2 Å². The molecule has 0 aromatic heterocycles. The number of piperidine rings is 1. The van der Waals surface area contributed by atoms with Crippen LogP contribution in [0.3, 0.4) is 0 Å². The highest BCUT2D eigenvalue weighted by Gasteiger charge is 2.30. The number of hydrogen-bond donors (Lipinski definition) is 1. The van der Waals surface area contributed by atoms with Crippen LogP contribution in [-0.4, -0.2) is 19.2 Å². The largest absolute Gasteiger partial charge is 0.494 e. The summed E-state index contributed by atoms with van der Waals surface area (Å²) < 4.78 is 43.0. The fourth-order valence-corrected chi connectivity index (χ4v) is 2.25. The maximum atomic E-state index is 12.5. The van der Waals surface area contributed by atoms with Crippen LogP contribution in [0.1, 0.15) is 31.2 Å². The van der Waals surface area contributed by atoms with E-state index in [1.165, 1.54) is 18.9 Å². The summed E-state index contributed by atoms with van der Waals surface area (Å²) in [5, 5.41) is 3.38. The van der Waals surface area contributed by atoms with Crippen molar-refractivity contribution in [3.8, 4) is 5.75 Å². The third kappa shape index (κ3) is 5.21. The zero-order valence-corrected chi connectivity index (χ0v) is 11.9. The summed E-state index contributed by atoms with van der Waals surface area (Å²) >= 11 is 0. The Morgan fingerprint density at radius 1 is 1.25 bits per heavy atom. The molecule has 0 spiro atoms. The summed E-state index contributed by atoms with van der Waals surface area (Å²) in [7, 11) is 0. The molecule has 0 aliphatic carbocycles. The topological polar surface area (TPSA) is 21.3 Å². The summed E-state index contributed by atoms with van der Waals surface area (Å²) in [5.74, 6) is 0.283. The molecule has 1 atom stereocenters. The molecular formula is C14H19ClF3NO. The van der Waals surface area contributed by atoms with Crippen molar-refractivity contribution in [2.75, 3.05) is 13.2 Å². The quantitative estimate of drug-likeness (QED) is 0.906. The first kappa shape index (κ1) is 17.1. The molecule has 1 aromatic rings. The van der Waals surface area contributed by atoms with Gasteiger partial charge in [0.25, 0.3) is 0 Å². The van der Waals surface area contributed by atoms with Crippen molar-refractivity contribution >= 4 is 12.4 Å². The van der Waals surface area contributed by atoms with Gasteiger partial charge in [0.2, 0.25) is 0 Å².